The Morgan fingerprint density at radius 2 is 1.86 bits per heavy atom. The maximum atomic E-state index is 9.55. The molecule has 0 bridgehead atoms. The van der Waals surface area contributed by atoms with Crippen molar-refractivity contribution in [1.29, 1.82) is 0 Å². The Labute approximate surface area is 136 Å². The van der Waals surface area contributed by atoms with E-state index in [2.05, 4.69) is 44.9 Å². The van der Waals surface area contributed by atoms with Gasteiger partial charge in [-0.2, -0.15) is 0 Å². The fraction of sp³-hybridized carbons (Fsp3) is 0.200. The summed E-state index contributed by atoms with van der Waals surface area (Å²) in [6, 6.07) is 8.51. The molecule has 1 aromatic heterocycles. The van der Waals surface area contributed by atoms with E-state index in [0.29, 0.717) is 12.2 Å². The maximum Gasteiger partial charge on any atom is 0.328 e. The molecule has 118 valence electrons. The number of halogens is 1. The van der Waals surface area contributed by atoms with Crippen LogP contribution >= 0.6 is 15.9 Å². The molecule has 0 aliphatic heterocycles. The number of carboxylic acids is 2. The lowest BCUT2D eigenvalue weighted by Crippen LogP contribution is -2.21. The molecule has 1 unspecified atom stereocenters. The van der Waals surface area contributed by atoms with E-state index in [1.165, 1.54) is 10.9 Å². The molecule has 1 heterocycles. The van der Waals surface area contributed by atoms with Gasteiger partial charge >= 0.3 is 11.9 Å². The third kappa shape index (κ3) is 5.71. The summed E-state index contributed by atoms with van der Waals surface area (Å²) in [4.78, 5) is 19.1. The minimum Gasteiger partial charge on any atom is -0.478 e. The summed E-state index contributed by atoms with van der Waals surface area (Å²) >= 11 is 3.53. The highest BCUT2D eigenvalue weighted by atomic mass is 79.9. The van der Waals surface area contributed by atoms with Crippen LogP contribution in [-0.2, 0) is 16.1 Å². The fourth-order valence-electron chi connectivity index (χ4n) is 1.80. The molecule has 4 N–H and O–H groups in total. The second kappa shape index (κ2) is 8.35. The fourth-order valence-corrected chi connectivity index (χ4v) is 2.29. The Hall–Kier alpha value is -2.12. The van der Waals surface area contributed by atoms with Gasteiger partial charge in [0.1, 0.15) is 0 Å². The summed E-state index contributed by atoms with van der Waals surface area (Å²) in [6.45, 7) is 2.88. The molecule has 0 amide bonds. The van der Waals surface area contributed by atoms with Crippen molar-refractivity contribution in [3.8, 4) is 0 Å². The van der Waals surface area contributed by atoms with E-state index in [4.69, 9.17) is 15.9 Å². The van der Waals surface area contributed by atoms with Crippen LogP contribution in [0.4, 0.5) is 0 Å². The van der Waals surface area contributed by atoms with Crippen LogP contribution in [0.5, 0.6) is 0 Å². The van der Waals surface area contributed by atoms with Crippen molar-refractivity contribution in [2.45, 2.75) is 19.5 Å². The van der Waals surface area contributed by atoms with Crippen LogP contribution in [0.3, 0.4) is 0 Å². The zero-order valence-corrected chi connectivity index (χ0v) is 13.5. The highest BCUT2D eigenvalue weighted by Crippen LogP contribution is 2.24. The van der Waals surface area contributed by atoms with E-state index in [-0.39, 0.29) is 6.04 Å². The van der Waals surface area contributed by atoms with E-state index in [9.17, 15) is 9.59 Å². The molecule has 2 aromatic rings. The number of hydrogen-bond acceptors (Lipinski definition) is 3. The second-order valence-corrected chi connectivity index (χ2v) is 5.48. The van der Waals surface area contributed by atoms with Crippen LogP contribution in [0.1, 0.15) is 6.92 Å². The number of aliphatic carboxylic acids is 2. The lowest BCUT2D eigenvalue weighted by molar-refractivity contribution is -0.134. The van der Waals surface area contributed by atoms with Crippen molar-refractivity contribution in [2.75, 3.05) is 0 Å². The van der Waals surface area contributed by atoms with Gasteiger partial charge in [-0.1, -0.05) is 22.0 Å². The SMILES string of the molecule is CC(N)Cn1ccc2c(Br)cccc21.O=C(O)/C=C/C(=O)O. The Morgan fingerprint density at radius 1 is 1.27 bits per heavy atom. The maximum absolute atomic E-state index is 9.55. The molecule has 6 nitrogen and oxygen atoms in total. The second-order valence-electron chi connectivity index (χ2n) is 4.63. The zero-order valence-electron chi connectivity index (χ0n) is 11.9. The van der Waals surface area contributed by atoms with E-state index in [1.54, 1.807) is 0 Å². The van der Waals surface area contributed by atoms with E-state index < -0.39 is 11.9 Å². The molecule has 0 aliphatic carbocycles. The molecule has 0 saturated carbocycles. The third-order valence-corrected chi connectivity index (χ3v) is 3.31. The van der Waals surface area contributed by atoms with Crippen LogP contribution in [0.15, 0.2) is 47.1 Å². The largest absolute Gasteiger partial charge is 0.478 e. The van der Waals surface area contributed by atoms with Gasteiger partial charge in [0.25, 0.3) is 0 Å². The van der Waals surface area contributed by atoms with Gasteiger partial charge in [0.15, 0.2) is 0 Å². The first-order valence-corrected chi connectivity index (χ1v) is 7.23. The normalized spacial score (nSPS) is 12.0. The summed E-state index contributed by atoms with van der Waals surface area (Å²) in [6.07, 6.45) is 3.20. The molecule has 0 spiro atoms. The Balaban J connectivity index is 0.000000261. The van der Waals surface area contributed by atoms with Crippen molar-refractivity contribution < 1.29 is 19.8 Å². The minimum atomic E-state index is -1.26. The Morgan fingerprint density at radius 3 is 2.36 bits per heavy atom. The third-order valence-electron chi connectivity index (χ3n) is 2.61. The van der Waals surface area contributed by atoms with Crippen molar-refractivity contribution in [3.05, 3.63) is 47.1 Å². The molecule has 0 fully saturated rings. The molecule has 1 aromatic carbocycles. The van der Waals surface area contributed by atoms with Gasteiger partial charge < -0.3 is 20.5 Å². The molecular formula is C15H17BrN2O4. The standard InChI is InChI=1S/C11H13BrN2.C4H4O4/c1-8(13)7-14-6-5-9-10(12)3-2-4-11(9)14;5-3(6)1-2-4(7)8/h2-6,8H,7,13H2,1H3;1-2H,(H,5,6)(H,7,8)/b;2-1+. The van der Waals surface area contributed by atoms with Crippen LogP contribution in [0.25, 0.3) is 10.9 Å². The average molecular weight is 369 g/mol. The number of rotatable bonds is 4. The van der Waals surface area contributed by atoms with Crippen LogP contribution in [0, 0.1) is 0 Å². The van der Waals surface area contributed by atoms with Crippen LogP contribution < -0.4 is 5.73 Å². The predicted molar refractivity (Wildman–Crippen MR) is 87.7 cm³/mol. The molecule has 1 atom stereocenters. The number of carbonyl (C=O) groups is 2. The highest BCUT2D eigenvalue weighted by Gasteiger charge is 2.04. The number of hydrogen-bond donors (Lipinski definition) is 3. The number of fused-ring (bicyclic) bond motifs is 1. The first-order valence-electron chi connectivity index (χ1n) is 6.44. The summed E-state index contributed by atoms with van der Waals surface area (Å²) in [7, 11) is 0. The molecule has 0 radical (unpaired) electrons. The van der Waals surface area contributed by atoms with Gasteiger partial charge in [0.2, 0.25) is 0 Å². The highest BCUT2D eigenvalue weighted by molar-refractivity contribution is 9.10. The van der Waals surface area contributed by atoms with Crippen molar-refractivity contribution in [2.24, 2.45) is 5.73 Å². The van der Waals surface area contributed by atoms with Crippen LogP contribution in [-0.4, -0.2) is 32.8 Å². The molecule has 2 rings (SSSR count). The van der Waals surface area contributed by atoms with Crippen molar-refractivity contribution in [3.63, 3.8) is 0 Å². The monoisotopic (exact) mass is 368 g/mol. The summed E-state index contributed by atoms with van der Waals surface area (Å²) < 4.78 is 3.32. The lowest BCUT2D eigenvalue weighted by atomic mass is 10.2. The number of nitrogens with two attached hydrogens (primary N) is 1. The van der Waals surface area contributed by atoms with Gasteiger partial charge in [-0.3, -0.25) is 0 Å². The Kier molecular flexibility index (Phi) is 6.81. The molecule has 0 saturated heterocycles. The van der Waals surface area contributed by atoms with Gasteiger partial charge in [-0.15, -0.1) is 0 Å². The zero-order chi connectivity index (χ0) is 16.7. The first kappa shape index (κ1) is 17.9. The number of nitrogens with zero attached hydrogens (tertiary/aromatic N) is 1. The number of benzene rings is 1. The average Bonchev–Trinajstić information content (AvgIpc) is 2.81. The van der Waals surface area contributed by atoms with Crippen molar-refractivity contribution in [1.82, 2.24) is 4.57 Å². The molecule has 22 heavy (non-hydrogen) atoms. The molecule has 0 aliphatic rings. The smallest absolute Gasteiger partial charge is 0.328 e. The van der Waals surface area contributed by atoms with Gasteiger partial charge in [0, 0.05) is 46.3 Å². The number of carboxylic acid groups (broad SMARTS) is 2. The number of aromatic nitrogens is 1. The van der Waals surface area contributed by atoms with Gasteiger partial charge in [-0.25, -0.2) is 9.59 Å². The topological polar surface area (TPSA) is 106 Å². The quantitative estimate of drug-likeness (QED) is 0.718. The van der Waals surface area contributed by atoms with Gasteiger partial charge in [-0.05, 0) is 25.1 Å². The predicted octanol–water partition coefficient (Wildman–Crippen LogP) is 2.46. The molecular weight excluding hydrogens is 352 g/mol. The summed E-state index contributed by atoms with van der Waals surface area (Å²) in [5.74, 6) is -2.51. The summed E-state index contributed by atoms with van der Waals surface area (Å²) in [5, 5.41) is 16.9. The summed E-state index contributed by atoms with van der Waals surface area (Å²) in [5.41, 5.74) is 7.01. The van der Waals surface area contributed by atoms with E-state index >= 15 is 0 Å². The Bertz CT molecular complexity index is 676. The lowest BCUT2D eigenvalue weighted by Gasteiger charge is -2.08. The van der Waals surface area contributed by atoms with Crippen molar-refractivity contribution >= 4 is 38.8 Å². The minimum absolute atomic E-state index is 0.185. The van der Waals surface area contributed by atoms with E-state index in [0.717, 1.165) is 11.0 Å². The molecule has 7 heteroatoms. The first-order chi connectivity index (χ1) is 10.3. The van der Waals surface area contributed by atoms with Crippen LogP contribution in [0.2, 0.25) is 0 Å². The van der Waals surface area contributed by atoms with E-state index in [1.807, 2.05) is 13.0 Å². The van der Waals surface area contributed by atoms with Gasteiger partial charge in [0.05, 0.1) is 0 Å².